The van der Waals surface area contributed by atoms with Gasteiger partial charge in [-0.2, -0.15) is 0 Å². The van der Waals surface area contributed by atoms with Crippen molar-refractivity contribution in [3.8, 4) is 11.1 Å². The van der Waals surface area contributed by atoms with Gasteiger partial charge in [0.25, 0.3) is 0 Å². The lowest BCUT2D eigenvalue weighted by molar-refractivity contribution is -0.119. The van der Waals surface area contributed by atoms with E-state index in [2.05, 4.69) is 43.1 Å². The molecule has 1 N–H and O–H groups in total. The fourth-order valence-corrected chi connectivity index (χ4v) is 2.58. The lowest BCUT2D eigenvalue weighted by Gasteiger charge is -2.15. The van der Waals surface area contributed by atoms with Crippen molar-refractivity contribution >= 4 is 11.6 Å². The molecule has 0 aliphatic carbocycles. The number of nitrogens with one attached hydrogen (secondary N) is 1. The van der Waals surface area contributed by atoms with Crippen LogP contribution >= 0.6 is 0 Å². The molecule has 0 amide bonds. The van der Waals surface area contributed by atoms with E-state index < -0.39 is 5.92 Å². The molecule has 3 heteroatoms. The summed E-state index contributed by atoms with van der Waals surface area (Å²) in [5.74, 6) is -0.597. The number of carbonyl (C=O) groups excluding carboxylic acids is 2. The number of ketones is 2. The Kier molecular flexibility index (Phi) is 5.69. The van der Waals surface area contributed by atoms with Gasteiger partial charge < -0.3 is 5.32 Å². The summed E-state index contributed by atoms with van der Waals surface area (Å²) >= 11 is 0. The van der Waals surface area contributed by atoms with Crippen LogP contribution in [0.1, 0.15) is 29.3 Å². The van der Waals surface area contributed by atoms with Crippen LogP contribution in [-0.4, -0.2) is 18.6 Å². The van der Waals surface area contributed by atoms with Crippen LogP contribution in [0, 0.1) is 12.8 Å². The highest BCUT2D eigenvalue weighted by Gasteiger charge is 2.21. The highest BCUT2D eigenvalue weighted by Crippen LogP contribution is 2.22. The van der Waals surface area contributed by atoms with Gasteiger partial charge in [-0.15, -0.1) is 0 Å². The smallest absolute Gasteiger partial charge is 0.163 e. The maximum Gasteiger partial charge on any atom is 0.163 e. The van der Waals surface area contributed by atoms with Crippen molar-refractivity contribution in [3.05, 3.63) is 71.9 Å². The topological polar surface area (TPSA) is 46.2 Å². The first-order valence-corrected chi connectivity index (χ1v) is 7.99. The number of hydrogen-bond donors (Lipinski definition) is 1. The predicted molar refractivity (Wildman–Crippen MR) is 97.9 cm³/mol. The molecule has 0 saturated heterocycles. The van der Waals surface area contributed by atoms with Gasteiger partial charge >= 0.3 is 0 Å². The molecule has 0 aliphatic rings. The van der Waals surface area contributed by atoms with Crippen LogP contribution in [0.3, 0.4) is 0 Å². The first-order chi connectivity index (χ1) is 11.4. The SMILES string of the molecule is C=C(NC)C(CC(=O)c1ccc(-c2ccc(C)cc2)cc1)C(C)=O. The molecule has 124 valence electrons. The molecule has 0 heterocycles. The van der Waals surface area contributed by atoms with E-state index in [-0.39, 0.29) is 18.0 Å². The lowest BCUT2D eigenvalue weighted by atomic mass is 9.92. The lowest BCUT2D eigenvalue weighted by Crippen LogP contribution is -2.24. The fourth-order valence-electron chi connectivity index (χ4n) is 2.58. The summed E-state index contributed by atoms with van der Waals surface area (Å²) in [5.41, 5.74) is 4.58. The number of carbonyl (C=O) groups is 2. The van der Waals surface area contributed by atoms with E-state index in [1.54, 1.807) is 7.05 Å². The van der Waals surface area contributed by atoms with Gasteiger partial charge in [0.05, 0.1) is 5.92 Å². The van der Waals surface area contributed by atoms with E-state index in [1.165, 1.54) is 12.5 Å². The minimum absolute atomic E-state index is 0.0537. The molecule has 0 fully saturated rings. The second kappa shape index (κ2) is 7.73. The monoisotopic (exact) mass is 321 g/mol. The Morgan fingerprint density at radius 2 is 1.50 bits per heavy atom. The van der Waals surface area contributed by atoms with Crippen molar-refractivity contribution in [2.45, 2.75) is 20.3 Å². The van der Waals surface area contributed by atoms with Gasteiger partial charge in [-0.3, -0.25) is 9.59 Å². The Hall–Kier alpha value is -2.68. The van der Waals surface area contributed by atoms with Gasteiger partial charge in [0.15, 0.2) is 5.78 Å². The quantitative estimate of drug-likeness (QED) is 0.778. The molecular formula is C21H23NO2. The fraction of sp³-hybridized carbons (Fsp3) is 0.238. The highest BCUT2D eigenvalue weighted by atomic mass is 16.1. The van der Waals surface area contributed by atoms with Crippen LogP contribution in [0.25, 0.3) is 11.1 Å². The third-order valence-electron chi connectivity index (χ3n) is 4.21. The molecule has 0 aromatic heterocycles. The molecule has 1 atom stereocenters. The summed E-state index contributed by atoms with van der Waals surface area (Å²) in [6, 6.07) is 15.8. The van der Waals surface area contributed by atoms with Crippen LogP contribution < -0.4 is 5.32 Å². The van der Waals surface area contributed by atoms with E-state index in [0.29, 0.717) is 11.3 Å². The largest absolute Gasteiger partial charge is 0.391 e. The predicted octanol–water partition coefficient (Wildman–Crippen LogP) is 4.17. The second-order valence-electron chi connectivity index (χ2n) is 6.01. The molecule has 2 aromatic rings. The Morgan fingerprint density at radius 3 is 1.96 bits per heavy atom. The summed E-state index contributed by atoms with van der Waals surface area (Å²) in [6.45, 7) is 7.36. The molecule has 3 nitrogen and oxygen atoms in total. The normalized spacial score (nSPS) is 11.6. The van der Waals surface area contributed by atoms with E-state index in [1.807, 2.05) is 24.3 Å². The van der Waals surface area contributed by atoms with Crippen LogP contribution in [0.15, 0.2) is 60.8 Å². The molecular weight excluding hydrogens is 298 g/mol. The number of Topliss-reactive ketones (excluding diaryl/α,β-unsaturated/α-hetero) is 2. The first-order valence-electron chi connectivity index (χ1n) is 7.99. The average molecular weight is 321 g/mol. The zero-order valence-corrected chi connectivity index (χ0v) is 14.4. The standard InChI is InChI=1S/C21H23NO2/c1-14-5-7-17(8-6-14)18-9-11-19(12-10-18)21(24)13-20(16(3)23)15(2)22-4/h5-12,20,22H,2,13H2,1,3-4H3. The third-order valence-corrected chi connectivity index (χ3v) is 4.21. The molecule has 24 heavy (non-hydrogen) atoms. The van der Waals surface area contributed by atoms with E-state index in [4.69, 9.17) is 0 Å². The molecule has 0 bridgehead atoms. The van der Waals surface area contributed by atoms with Gasteiger partial charge in [0.2, 0.25) is 0 Å². The second-order valence-corrected chi connectivity index (χ2v) is 6.01. The molecule has 2 aromatic carbocycles. The zero-order valence-electron chi connectivity index (χ0n) is 14.4. The zero-order chi connectivity index (χ0) is 17.7. The maximum atomic E-state index is 12.5. The van der Waals surface area contributed by atoms with Gasteiger partial charge in [0.1, 0.15) is 5.78 Å². The Labute approximate surface area is 143 Å². The maximum absolute atomic E-state index is 12.5. The number of hydrogen-bond acceptors (Lipinski definition) is 3. The Balaban J connectivity index is 2.15. The van der Waals surface area contributed by atoms with Crippen LogP contribution in [-0.2, 0) is 4.79 Å². The van der Waals surface area contributed by atoms with Crippen LogP contribution in [0.5, 0.6) is 0 Å². The van der Waals surface area contributed by atoms with Crippen molar-refractivity contribution in [1.29, 1.82) is 0 Å². The third kappa shape index (κ3) is 4.19. The van der Waals surface area contributed by atoms with E-state index >= 15 is 0 Å². The Morgan fingerprint density at radius 1 is 1.00 bits per heavy atom. The molecule has 0 spiro atoms. The van der Waals surface area contributed by atoms with Gasteiger partial charge in [-0.1, -0.05) is 60.7 Å². The number of benzene rings is 2. The van der Waals surface area contributed by atoms with Crippen LogP contribution in [0.4, 0.5) is 0 Å². The summed E-state index contributed by atoms with van der Waals surface area (Å²) in [7, 11) is 1.71. The molecule has 0 radical (unpaired) electrons. The van der Waals surface area contributed by atoms with Crippen LogP contribution in [0.2, 0.25) is 0 Å². The Bertz CT molecular complexity index is 742. The minimum atomic E-state index is -0.487. The number of allylic oxidation sites excluding steroid dienone is 1. The van der Waals surface area contributed by atoms with E-state index in [9.17, 15) is 9.59 Å². The summed E-state index contributed by atoms with van der Waals surface area (Å²) in [5, 5.41) is 2.87. The average Bonchev–Trinajstić information content (AvgIpc) is 2.59. The van der Waals surface area contributed by atoms with E-state index in [0.717, 1.165) is 11.1 Å². The summed E-state index contributed by atoms with van der Waals surface area (Å²) in [4.78, 5) is 24.2. The number of aryl methyl sites for hydroxylation is 1. The number of rotatable bonds is 7. The minimum Gasteiger partial charge on any atom is -0.391 e. The summed E-state index contributed by atoms with van der Waals surface area (Å²) in [6.07, 6.45) is 0.138. The van der Waals surface area contributed by atoms with Crippen molar-refractivity contribution in [2.75, 3.05) is 7.05 Å². The van der Waals surface area contributed by atoms with Gasteiger partial charge in [-0.25, -0.2) is 0 Å². The molecule has 0 aliphatic heterocycles. The highest BCUT2D eigenvalue weighted by molar-refractivity contribution is 5.99. The molecule has 0 saturated carbocycles. The molecule has 1 unspecified atom stereocenters. The first kappa shape index (κ1) is 17.7. The van der Waals surface area contributed by atoms with Gasteiger partial charge in [-0.05, 0) is 25.0 Å². The van der Waals surface area contributed by atoms with Crippen molar-refractivity contribution in [3.63, 3.8) is 0 Å². The van der Waals surface area contributed by atoms with Crippen molar-refractivity contribution in [1.82, 2.24) is 5.32 Å². The summed E-state index contributed by atoms with van der Waals surface area (Å²) < 4.78 is 0. The van der Waals surface area contributed by atoms with Gasteiger partial charge in [0, 0.05) is 24.7 Å². The molecule has 2 rings (SSSR count). The van der Waals surface area contributed by atoms with Crippen molar-refractivity contribution < 1.29 is 9.59 Å². The van der Waals surface area contributed by atoms with Crippen molar-refractivity contribution in [2.24, 2.45) is 5.92 Å².